The van der Waals surface area contributed by atoms with Crippen molar-refractivity contribution in [3.63, 3.8) is 0 Å². The molecule has 1 aliphatic rings. The molecule has 5 heteroatoms. The number of aromatic nitrogens is 1. The van der Waals surface area contributed by atoms with Crippen molar-refractivity contribution in [2.24, 2.45) is 0 Å². The molecule has 0 radical (unpaired) electrons. The first kappa shape index (κ1) is 16.5. The highest BCUT2D eigenvalue weighted by Gasteiger charge is 2.19. The van der Waals surface area contributed by atoms with E-state index in [0.717, 1.165) is 36.3 Å². The van der Waals surface area contributed by atoms with Crippen molar-refractivity contribution in [2.75, 3.05) is 11.9 Å². The zero-order chi connectivity index (χ0) is 16.9. The van der Waals surface area contributed by atoms with Crippen LogP contribution in [0.2, 0.25) is 0 Å². The minimum atomic E-state index is -0.0202. The number of benzene rings is 1. The highest BCUT2D eigenvalue weighted by atomic mass is 16.5. The minimum Gasteiger partial charge on any atom is -0.437 e. The van der Waals surface area contributed by atoms with Crippen molar-refractivity contribution < 1.29 is 9.53 Å². The molecule has 1 atom stereocenters. The Bertz CT molecular complexity index is 724. The second kappa shape index (κ2) is 7.45. The van der Waals surface area contributed by atoms with Crippen LogP contribution in [-0.2, 0) is 4.79 Å². The third-order valence-electron chi connectivity index (χ3n) is 4.40. The minimum absolute atomic E-state index is 0.0202. The zero-order valence-electron chi connectivity index (χ0n) is 14.1. The van der Waals surface area contributed by atoms with Crippen molar-refractivity contribution in [1.29, 1.82) is 0 Å². The van der Waals surface area contributed by atoms with E-state index in [1.54, 1.807) is 12.3 Å². The Kier molecular flexibility index (Phi) is 5.11. The number of aryl methyl sites for hydroxylation is 1. The summed E-state index contributed by atoms with van der Waals surface area (Å²) in [6.07, 6.45) is 4.31. The van der Waals surface area contributed by atoms with Gasteiger partial charge in [0.15, 0.2) is 0 Å². The van der Waals surface area contributed by atoms with Crippen LogP contribution in [0.3, 0.4) is 0 Å². The monoisotopic (exact) mass is 325 g/mol. The summed E-state index contributed by atoms with van der Waals surface area (Å²) in [6, 6.07) is 9.77. The van der Waals surface area contributed by atoms with Crippen LogP contribution in [0.1, 0.15) is 30.4 Å². The van der Waals surface area contributed by atoms with E-state index in [9.17, 15) is 4.79 Å². The number of carbonyl (C=O) groups is 1. The molecule has 1 unspecified atom stereocenters. The molecule has 1 aromatic carbocycles. The number of anilines is 1. The molecule has 126 valence electrons. The lowest BCUT2D eigenvalue weighted by Crippen LogP contribution is -2.27. The number of rotatable bonds is 5. The fourth-order valence-corrected chi connectivity index (χ4v) is 2.86. The molecular formula is C19H23N3O2. The third-order valence-corrected chi connectivity index (χ3v) is 4.40. The third kappa shape index (κ3) is 3.92. The molecule has 1 aliphatic heterocycles. The molecule has 0 spiro atoms. The molecule has 0 aliphatic carbocycles. The van der Waals surface area contributed by atoms with E-state index < -0.39 is 0 Å². The fourth-order valence-electron chi connectivity index (χ4n) is 2.86. The molecular weight excluding hydrogens is 302 g/mol. The molecule has 0 saturated carbocycles. The zero-order valence-corrected chi connectivity index (χ0v) is 14.1. The van der Waals surface area contributed by atoms with Crippen LogP contribution in [0.25, 0.3) is 0 Å². The van der Waals surface area contributed by atoms with Gasteiger partial charge in [-0.1, -0.05) is 12.1 Å². The molecule has 1 amide bonds. The maximum atomic E-state index is 12.3. The highest BCUT2D eigenvalue weighted by molar-refractivity contribution is 5.92. The summed E-state index contributed by atoms with van der Waals surface area (Å²) >= 11 is 0. The largest absolute Gasteiger partial charge is 0.437 e. The molecule has 0 bridgehead atoms. The van der Waals surface area contributed by atoms with Crippen molar-refractivity contribution in [3.8, 4) is 11.6 Å². The van der Waals surface area contributed by atoms with Crippen molar-refractivity contribution in [3.05, 3.63) is 47.7 Å². The lowest BCUT2D eigenvalue weighted by atomic mass is 10.1. The Balaban J connectivity index is 1.72. The van der Waals surface area contributed by atoms with Crippen LogP contribution in [0.5, 0.6) is 11.6 Å². The summed E-state index contributed by atoms with van der Waals surface area (Å²) in [5, 5.41) is 6.26. The van der Waals surface area contributed by atoms with E-state index in [1.807, 2.05) is 38.1 Å². The van der Waals surface area contributed by atoms with Crippen LogP contribution >= 0.6 is 0 Å². The predicted molar refractivity (Wildman–Crippen MR) is 94.5 cm³/mol. The van der Waals surface area contributed by atoms with E-state index in [1.165, 1.54) is 0 Å². The second-order valence-corrected chi connectivity index (χ2v) is 6.20. The lowest BCUT2D eigenvalue weighted by molar-refractivity contribution is -0.116. The molecule has 1 fully saturated rings. The van der Waals surface area contributed by atoms with Gasteiger partial charge in [-0.15, -0.1) is 0 Å². The maximum absolute atomic E-state index is 12.3. The van der Waals surface area contributed by atoms with Gasteiger partial charge >= 0.3 is 0 Å². The molecule has 1 saturated heterocycles. The maximum Gasteiger partial charge on any atom is 0.243 e. The molecule has 24 heavy (non-hydrogen) atoms. The SMILES string of the molecule is Cc1cccc(Oc2ncccc2NC(=O)CC2CCCN2)c1C. The van der Waals surface area contributed by atoms with Crippen molar-refractivity contribution in [2.45, 2.75) is 39.2 Å². The first-order chi connectivity index (χ1) is 11.6. The predicted octanol–water partition coefficient (Wildman–Crippen LogP) is 3.57. The van der Waals surface area contributed by atoms with Gasteiger partial charge in [-0.3, -0.25) is 4.79 Å². The second-order valence-electron chi connectivity index (χ2n) is 6.20. The standard InChI is InChI=1S/C19H23N3O2/c1-13-6-3-9-17(14(13)2)24-19-16(8-5-11-21-19)22-18(23)12-15-7-4-10-20-15/h3,5-6,8-9,11,15,20H,4,7,10,12H2,1-2H3,(H,22,23). The van der Waals surface area contributed by atoms with E-state index in [-0.39, 0.29) is 11.9 Å². The number of nitrogens with zero attached hydrogens (tertiary/aromatic N) is 1. The Morgan fingerprint density at radius 2 is 2.21 bits per heavy atom. The smallest absolute Gasteiger partial charge is 0.243 e. The van der Waals surface area contributed by atoms with E-state index in [4.69, 9.17) is 4.74 Å². The van der Waals surface area contributed by atoms with Gasteiger partial charge in [-0.25, -0.2) is 4.98 Å². The topological polar surface area (TPSA) is 63.2 Å². The summed E-state index contributed by atoms with van der Waals surface area (Å²) in [5.41, 5.74) is 2.82. The molecule has 2 aromatic rings. The van der Waals surface area contributed by atoms with E-state index >= 15 is 0 Å². The van der Waals surface area contributed by atoms with Gasteiger partial charge in [-0.2, -0.15) is 0 Å². The van der Waals surface area contributed by atoms with Crippen molar-refractivity contribution >= 4 is 11.6 Å². The van der Waals surface area contributed by atoms with Gasteiger partial charge in [0, 0.05) is 18.7 Å². The number of pyridine rings is 1. The normalized spacial score (nSPS) is 16.8. The van der Waals surface area contributed by atoms with Gasteiger partial charge in [0.25, 0.3) is 0 Å². The summed E-state index contributed by atoms with van der Waals surface area (Å²) < 4.78 is 5.95. The Hall–Kier alpha value is -2.40. The summed E-state index contributed by atoms with van der Waals surface area (Å²) in [7, 11) is 0. The number of ether oxygens (including phenoxy) is 1. The summed E-state index contributed by atoms with van der Waals surface area (Å²) in [5.74, 6) is 1.15. The average molecular weight is 325 g/mol. The first-order valence-electron chi connectivity index (χ1n) is 8.36. The Morgan fingerprint density at radius 3 is 3.00 bits per heavy atom. The molecule has 5 nitrogen and oxygen atoms in total. The number of hydrogen-bond donors (Lipinski definition) is 2. The summed E-state index contributed by atoms with van der Waals surface area (Å²) in [4.78, 5) is 16.5. The van der Waals surface area contributed by atoms with Gasteiger partial charge in [0.05, 0.1) is 0 Å². The lowest BCUT2D eigenvalue weighted by Gasteiger charge is -2.14. The quantitative estimate of drug-likeness (QED) is 0.882. The van der Waals surface area contributed by atoms with Crippen LogP contribution in [0.15, 0.2) is 36.5 Å². The number of amides is 1. The Labute approximate surface area is 142 Å². The van der Waals surface area contributed by atoms with Crippen LogP contribution in [-0.4, -0.2) is 23.5 Å². The molecule has 2 N–H and O–H groups in total. The van der Waals surface area contributed by atoms with Crippen LogP contribution in [0.4, 0.5) is 5.69 Å². The number of carbonyl (C=O) groups excluding carboxylic acids is 1. The fraction of sp³-hybridized carbons (Fsp3) is 0.368. The highest BCUT2D eigenvalue weighted by Crippen LogP contribution is 2.30. The first-order valence-corrected chi connectivity index (χ1v) is 8.36. The molecule has 2 heterocycles. The van der Waals surface area contributed by atoms with Gasteiger partial charge in [0.2, 0.25) is 11.8 Å². The average Bonchev–Trinajstić information content (AvgIpc) is 3.06. The Morgan fingerprint density at radius 1 is 1.33 bits per heavy atom. The molecule has 1 aromatic heterocycles. The van der Waals surface area contributed by atoms with Crippen molar-refractivity contribution in [1.82, 2.24) is 10.3 Å². The van der Waals surface area contributed by atoms with Crippen LogP contribution in [0, 0.1) is 13.8 Å². The van der Waals surface area contributed by atoms with E-state index in [2.05, 4.69) is 15.6 Å². The van der Waals surface area contributed by atoms with Gasteiger partial charge in [0.1, 0.15) is 11.4 Å². The van der Waals surface area contributed by atoms with Crippen LogP contribution < -0.4 is 15.4 Å². The molecule has 3 rings (SSSR count). The van der Waals surface area contributed by atoms with E-state index in [0.29, 0.717) is 18.0 Å². The van der Waals surface area contributed by atoms with Gasteiger partial charge < -0.3 is 15.4 Å². The number of hydrogen-bond acceptors (Lipinski definition) is 4. The number of nitrogens with one attached hydrogen (secondary N) is 2. The van der Waals surface area contributed by atoms with Gasteiger partial charge in [-0.05, 0) is 62.6 Å². The summed E-state index contributed by atoms with van der Waals surface area (Å²) in [6.45, 7) is 5.04.